The zero-order valence-corrected chi connectivity index (χ0v) is 17.2. The highest BCUT2D eigenvalue weighted by Gasteiger charge is 2.11. The second kappa shape index (κ2) is 9.57. The maximum Gasteiger partial charge on any atom is 0.343 e. The van der Waals surface area contributed by atoms with E-state index in [1.54, 1.807) is 72.8 Å². The van der Waals surface area contributed by atoms with Crippen molar-refractivity contribution >= 4 is 11.9 Å². The molecule has 4 aromatic carbocycles. The van der Waals surface area contributed by atoms with E-state index in [1.165, 1.54) is 24.3 Å². The molecule has 0 heterocycles. The van der Waals surface area contributed by atoms with Gasteiger partial charge in [0.2, 0.25) is 0 Å². The molecule has 7 heteroatoms. The van der Waals surface area contributed by atoms with Crippen molar-refractivity contribution in [2.75, 3.05) is 0 Å². The number of hydrogen-bond donors (Lipinski definition) is 2. The molecule has 0 radical (unpaired) electrons. The number of carboxylic acids is 1. The SMILES string of the molecule is O=C(O)c1ccc(Oc2ccc(OC(=O)c3cccc(Oc4ccc(O)cc4)c3)cc2)cc1. The molecule has 0 saturated heterocycles. The lowest BCUT2D eigenvalue weighted by atomic mass is 10.2. The molecule has 0 aliphatic heterocycles. The van der Waals surface area contributed by atoms with Crippen LogP contribution in [-0.2, 0) is 0 Å². The predicted molar refractivity (Wildman–Crippen MR) is 119 cm³/mol. The van der Waals surface area contributed by atoms with Crippen molar-refractivity contribution < 1.29 is 34.0 Å². The van der Waals surface area contributed by atoms with E-state index in [4.69, 9.17) is 19.3 Å². The van der Waals surface area contributed by atoms with Gasteiger partial charge in [-0.15, -0.1) is 0 Å². The van der Waals surface area contributed by atoms with Gasteiger partial charge in [0.1, 0.15) is 34.5 Å². The summed E-state index contributed by atoms with van der Waals surface area (Å²) in [6.07, 6.45) is 0. The summed E-state index contributed by atoms with van der Waals surface area (Å²) in [4.78, 5) is 23.4. The Labute approximate surface area is 189 Å². The maximum absolute atomic E-state index is 12.5. The molecule has 2 N–H and O–H groups in total. The van der Waals surface area contributed by atoms with Gasteiger partial charge in [-0.3, -0.25) is 0 Å². The van der Waals surface area contributed by atoms with E-state index in [1.807, 2.05) is 0 Å². The summed E-state index contributed by atoms with van der Waals surface area (Å²) in [7, 11) is 0. The van der Waals surface area contributed by atoms with Gasteiger partial charge in [-0.2, -0.15) is 0 Å². The Morgan fingerprint density at radius 1 is 0.576 bits per heavy atom. The van der Waals surface area contributed by atoms with E-state index >= 15 is 0 Å². The van der Waals surface area contributed by atoms with Gasteiger partial charge < -0.3 is 24.4 Å². The molecule has 164 valence electrons. The molecule has 0 spiro atoms. The summed E-state index contributed by atoms with van der Waals surface area (Å²) in [5.41, 5.74) is 0.479. The third-order valence-electron chi connectivity index (χ3n) is 4.51. The second-order valence-corrected chi connectivity index (χ2v) is 6.92. The van der Waals surface area contributed by atoms with E-state index in [9.17, 15) is 14.7 Å². The van der Waals surface area contributed by atoms with Crippen LogP contribution < -0.4 is 14.2 Å². The van der Waals surface area contributed by atoms with Gasteiger partial charge in [0.15, 0.2) is 0 Å². The normalized spacial score (nSPS) is 10.3. The predicted octanol–water partition coefficient (Wildman–Crippen LogP) is 5.89. The van der Waals surface area contributed by atoms with E-state index < -0.39 is 11.9 Å². The van der Waals surface area contributed by atoms with Gasteiger partial charge in [0.25, 0.3) is 0 Å². The Balaban J connectivity index is 1.38. The van der Waals surface area contributed by atoms with Crippen LogP contribution in [0.15, 0.2) is 97.1 Å². The average Bonchev–Trinajstić information content (AvgIpc) is 2.82. The van der Waals surface area contributed by atoms with Crippen LogP contribution in [0.5, 0.6) is 34.5 Å². The summed E-state index contributed by atoms with van der Waals surface area (Å²) >= 11 is 0. The first-order valence-corrected chi connectivity index (χ1v) is 9.87. The van der Waals surface area contributed by atoms with Crippen LogP contribution >= 0.6 is 0 Å². The molecule has 0 aliphatic rings. The van der Waals surface area contributed by atoms with Gasteiger partial charge in [-0.25, -0.2) is 9.59 Å². The van der Waals surface area contributed by atoms with Crippen LogP contribution in [0.25, 0.3) is 0 Å². The van der Waals surface area contributed by atoms with E-state index in [0.717, 1.165) is 0 Å². The minimum atomic E-state index is -1.01. The number of rotatable bonds is 7. The van der Waals surface area contributed by atoms with E-state index in [0.29, 0.717) is 34.3 Å². The highest BCUT2D eigenvalue weighted by molar-refractivity contribution is 5.91. The standard InChI is InChI=1S/C26H18O7/c27-19-6-10-21(11-7-19)32-24-3-1-2-18(16-24)26(30)33-23-14-12-22(13-15-23)31-20-8-4-17(5-9-20)25(28)29/h1-16,27H,(H,28,29). The summed E-state index contributed by atoms with van der Waals surface area (Å²) in [6, 6.07) is 25.3. The molecule has 0 saturated carbocycles. The molecule has 0 unspecified atom stereocenters. The van der Waals surface area contributed by atoms with Crippen molar-refractivity contribution in [2.45, 2.75) is 0 Å². The van der Waals surface area contributed by atoms with Crippen molar-refractivity contribution in [1.29, 1.82) is 0 Å². The largest absolute Gasteiger partial charge is 0.508 e. The van der Waals surface area contributed by atoms with Crippen molar-refractivity contribution in [3.05, 3.63) is 108 Å². The summed E-state index contributed by atoms with van der Waals surface area (Å²) < 4.78 is 16.8. The number of esters is 1. The number of ether oxygens (including phenoxy) is 3. The van der Waals surface area contributed by atoms with Gasteiger partial charge >= 0.3 is 11.9 Å². The van der Waals surface area contributed by atoms with E-state index in [-0.39, 0.29) is 11.3 Å². The number of carboxylic acid groups (broad SMARTS) is 1. The first kappa shape index (κ1) is 21.5. The number of carbonyl (C=O) groups excluding carboxylic acids is 1. The molecule has 4 rings (SSSR count). The van der Waals surface area contributed by atoms with E-state index in [2.05, 4.69) is 0 Å². The molecule has 0 fully saturated rings. The Morgan fingerprint density at radius 3 is 1.70 bits per heavy atom. The summed E-state index contributed by atoms with van der Waals surface area (Å²) in [5, 5.41) is 18.3. The van der Waals surface area contributed by atoms with Crippen LogP contribution in [0.1, 0.15) is 20.7 Å². The number of aromatic carboxylic acids is 1. The van der Waals surface area contributed by atoms with Gasteiger partial charge in [-0.1, -0.05) is 6.07 Å². The minimum Gasteiger partial charge on any atom is -0.508 e. The third kappa shape index (κ3) is 5.68. The lowest BCUT2D eigenvalue weighted by Gasteiger charge is -2.09. The zero-order valence-electron chi connectivity index (χ0n) is 17.2. The highest BCUT2D eigenvalue weighted by Crippen LogP contribution is 2.26. The molecule has 7 nitrogen and oxygen atoms in total. The number of benzene rings is 4. The smallest absolute Gasteiger partial charge is 0.343 e. The van der Waals surface area contributed by atoms with Crippen LogP contribution in [0.2, 0.25) is 0 Å². The van der Waals surface area contributed by atoms with Crippen molar-refractivity contribution in [2.24, 2.45) is 0 Å². The zero-order chi connectivity index (χ0) is 23.2. The molecule has 0 aromatic heterocycles. The van der Waals surface area contributed by atoms with Crippen molar-refractivity contribution in [1.82, 2.24) is 0 Å². The molecular formula is C26H18O7. The van der Waals surface area contributed by atoms with Crippen LogP contribution in [-0.4, -0.2) is 22.2 Å². The highest BCUT2D eigenvalue weighted by atomic mass is 16.5. The number of phenols is 1. The third-order valence-corrected chi connectivity index (χ3v) is 4.51. The van der Waals surface area contributed by atoms with Crippen molar-refractivity contribution in [3.63, 3.8) is 0 Å². The first-order chi connectivity index (χ1) is 16.0. The lowest BCUT2D eigenvalue weighted by molar-refractivity contribution is 0.0694. The summed E-state index contributed by atoms with van der Waals surface area (Å²) in [5.74, 6) is 0.858. The number of aromatic hydroxyl groups is 1. The number of carbonyl (C=O) groups is 2. The molecule has 33 heavy (non-hydrogen) atoms. The maximum atomic E-state index is 12.5. The quantitative estimate of drug-likeness (QED) is 0.272. The average molecular weight is 442 g/mol. The summed E-state index contributed by atoms with van der Waals surface area (Å²) in [6.45, 7) is 0. The minimum absolute atomic E-state index is 0.132. The topological polar surface area (TPSA) is 102 Å². The number of phenolic OH excluding ortho intramolecular Hbond substituents is 1. The fourth-order valence-electron chi connectivity index (χ4n) is 2.88. The fourth-order valence-corrected chi connectivity index (χ4v) is 2.88. The molecular weight excluding hydrogens is 424 g/mol. The molecule has 4 aromatic rings. The molecule has 0 bridgehead atoms. The van der Waals surface area contributed by atoms with Crippen molar-refractivity contribution in [3.8, 4) is 34.5 Å². The first-order valence-electron chi connectivity index (χ1n) is 9.87. The molecule has 0 aliphatic carbocycles. The molecule has 0 amide bonds. The number of hydrogen-bond acceptors (Lipinski definition) is 6. The van der Waals surface area contributed by atoms with Gasteiger partial charge in [0, 0.05) is 0 Å². The lowest BCUT2D eigenvalue weighted by Crippen LogP contribution is -2.08. The fraction of sp³-hybridized carbons (Fsp3) is 0. The van der Waals surface area contributed by atoms with Gasteiger partial charge in [0.05, 0.1) is 11.1 Å². The van der Waals surface area contributed by atoms with Crippen LogP contribution in [0.3, 0.4) is 0 Å². The monoisotopic (exact) mass is 442 g/mol. The Morgan fingerprint density at radius 2 is 1.09 bits per heavy atom. The Kier molecular flexibility index (Phi) is 6.22. The van der Waals surface area contributed by atoms with Crippen LogP contribution in [0.4, 0.5) is 0 Å². The van der Waals surface area contributed by atoms with Crippen LogP contribution in [0, 0.1) is 0 Å². The molecule has 0 atom stereocenters. The Hall–Kier alpha value is -4.78. The Bertz CT molecular complexity index is 1260. The van der Waals surface area contributed by atoms with Gasteiger partial charge in [-0.05, 0) is 91.0 Å². The second-order valence-electron chi connectivity index (χ2n) is 6.92.